The van der Waals surface area contributed by atoms with Gasteiger partial charge in [-0.05, 0) is 33.7 Å². The van der Waals surface area contributed by atoms with Gasteiger partial charge in [0.25, 0.3) is 0 Å². The van der Waals surface area contributed by atoms with Gasteiger partial charge in [0, 0.05) is 38.3 Å². The minimum Gasteiger partial charge on any atom is -0.368 e. The highest BCUT2D eigenvalue weighted by Crippen LogP contribution is 2.15. The lowest BCUT2D eigenvalue weighted by atomic mass is 10.0. The summed E-state index contributed by atoms with van der Waals surface area (Å²) in [5, 5.41) is 3.14. The molecule has 1 aliphatic heterocycles. The molecule has 1 rings (SSSR count). The summed E-state index contributed by atoms with van der Waals surface area (Å²) in [7, 11) is 0. The number of hydrogen-bond donors (Lipinski definition) is 2. The average molecular weight is 270 g/mol. The van der Waals surface area contributed by atoms with Crippen LogP contribution in [-0.2, 0) is 4.79 Å². The van der Waals surface area contributed by atoms with Crippen LogP contribution < -0.4 is 11.1 Å². The van der Waals surface area contributed by atoms with Crippen molar-refractivity contribution in [2.24, 2.45) is 5.73 Å². The monoisotopic (exact) mass is 270 g/mol. The van der Waals surface area contributed by atoms with Crippen LogP contribution in [0.4, 0.5) is 0 Å². The average Bonchev–Trinajstić information content (AvgIpc) is 2.33. The largest absolute Gasteiger partial charge is 0.368 e. The van der Waals surface area contributed by atoms with Crippen LogP contribution in [0.15, 0.2) is 0 Å². The molecule has 5 heteroatoms. The summed E-state index contributed by atoms with van der Waals surface area (Å²) in [5.74, 6) is -0.241. The zero-order valence-corrected chi connectivity index (χ0v) is 12.9. The third-order valence-corrected chi connectivity index (χ3v) is 3.85. The van der Waals surface area contributed by atoms with Crippen molar-refractivity contribution < 1.29 is 4.79 Å². The fraction of sp³-hybridized carbons (Fsp3) is 0.929. The third kappa shape index (κ3) is 5.47. The summed E-state index contributed by atoms with van der Waals surface area (Å²) >= 11 is 0. The lowest BCUT2D eigenvalue weighted by Crippen LogP contribution is -2.54. The van der Waals surface area contributed by atoms with E-state index in [0.29, 0.717) is 0 Å². The topological polar surface area (TPSA) is 61.6 Å². The lowest BCUT2D eigenvalue weighted by Gasteiger charge is -2.42. The van der Waals surface area contributed by atoms with Crippen LogP contribution in [0.5, 0.6) is 0 Å². The number of nitrogens with one attached hydrogen (secondary N) is 1. The van der Waals surface area contributed by atoms with E-state index in [1.54, 1.807) is 0 Å². The Morgan fingerprint density at radius 2 is 1.84 bits per heavy atom. The first-order chi connectivity index (χ1) is 8.84. The molecule has 5 nitrogen and oxygen atoms in total. The summed E-state index contributed by atoms with van der Waals surface area (Å²) in [4.78, 5) is 16.2. The second-order valence-corrected chi connectivity index (χ2v) is 6.30. The van der Waals surface area contributed by atoms with E-state index in [9.17, 15) is 4.79 Å². The summed E-state index contributed by atoms with van der Waals surface area (Å²) in [5.41, 5.74) is 5.64. The Hall–Kier alpha value is -0.650. The van der Waals surface area contributed by atoms with E-state index >= 15 is 0 Å². The maximum Gasteiger partial charge on any atom is 0.234 e. The van der Waals surface area contributed by atoms with Gasteiger partial charge < -0.3 is 16.0 Å². The van der Waals surface area contributed by atoms with Crippen molar-refractivity contribution in [2.45, 2.75) is 45.7 Å². The number of nitrogens with zero attached hydrogens (tertiary/aromatic N) is 2. The summed E-state index contributed by atoms with van der Waals surface area (Å²) in [6.07, 6.45) is 0.804. The zero-order valence-electron chi connectivity index (χ0n) is 12.9. The van der Waals surface area contributed by atoms with Crippen LogP contribution >= 0.6 is 0 Å². The number of hydrogen-bond acceptors (Lipinski definition) is 4. The highest BCUT2D eigenvalue weighted by Gasteiger charge is 2.26. The summed E-state index contributed by atoms with van der Waals surface area (Å²) < 4.78 is 0. The van der Waals surface area contributed by atoms with Gasteiger partial charge in [-0.2, -0.15) is 0 Å². The van der Waals surface area contributed by atoms with E-state index in [-0.39, 0.29) is 17.5 Å². The highest BCUT2D eigenvalue weighted by molar-refractivity contribution is 5.79. The molecule has 0 aromatic rings. The molecule has 0 saturated carbocycles. The standard InChI is InChI=1S/C14H30N4O/c1-5-16-12(13(15)19)6-7-17-8-10-18(11-9-17)14(2,3)4/h12,16H,5-11H2,1-4H3,(H2,15,19). The fourth-order valence-corrected chi connectivity index (χ4v) is 2.55. The minimum absolute atomic E-state index is 0.189. The molecule has 0 aliphatic carbocycles. The van der Waals surface area contributed by atoms with Gasteiger partial charge in [-0.25, -0.2) is 0 Å². The van der Waals surface area contributed by atoms with Gasteiger partial charge in [0.2, 0.25) is 5.91 Å². The number of carbonyl (C=O) groups excluding carboxylic acids is 1. The molecule has 3 N–H and O–H groups in total. The number of piperazine rings is 1. The van der Waals surface area contributed by atoms with Crippen molar-refractivity contribution in [3.05, 3.63) is 0 Å². The van der Waals surface area contributed by atoms with Crippen molar-refractivity contribution in [1.29, 1.82) is 0 Å². The highest BCUT2D eigenvalue weighted by atomic mass is 16.1. The molecule has 1 heterocycles. The van der Waals surface area contributed by atoms with Crippen molar-refractivity contribution in [1.82, 2.24) is 15.1 Å². The van der Waals surface area contributed by atoms with Crippen LogP contribution in [0.2, 0.25) is 0 Å². The van der Waals surface area contributed by atoms with Crippen LogP contribution in [0, 0.1) is 0 Å². The number of amides is 1. The van der Waals surface area contributed by atoms with Gasteiger partial charge in [0.1, 0.15) is 0 Å². The summed E-state index contributed by atoms with van der Waals surface area (Å²) in [6, 6.07) is -0.189. The molecular weight excluding hydrogens is 240 g/mol. The van der Waals surface area contributed by atoms with E-state index < -0.39 is 0 Å². The second kappa shape index (κ2) is 7.22. The van der Waals surface area contributed by atoms with Gasteiger partial charge in [0.15, 0.2) is 0 Å². The number of nitrogens with two attached hydrogens (primary N) is 1. The van der Waals surface area contributed by atoms with E-state index in [4.69, 9.17) is 5.73 Å². The Kier molecular flexibility index (Phi) is 6.23. The molecule has 1 fully saturated rings. The number of rotatable bonds is 6. The fourth-order valence-electron chi connectivity index (χ4n) is 2.55. The van der Waals surface area contributed by atoms with Crippen LogP contribution in [0.25, 0.3) is 0 Å². The number of primary amides is 1. The smallest absolute Gasteiger partial charge is 0.234 e. The predicted molar refractivity (Wildman–Crippen MR) is 79.0 cm³/mol. The molecule has 1 unspecified atom stereocenters. The molecule has 1 atom stereocenters. The van der Waals surface area contributed by atoms with E-state index in [1.807, 2.05) is 6.92 Å². The maximum absolute atomic E-state index is 11.3. The molecule has 0 spiro atoms. The lowest BCUT2D eigenvalue weighted by molar-refractivity contribution is -0.120. The normalized spacial score (nSPS) is 20.4. The van der Waals surface area contributed by atoms with E-state index in [0.717, 1.165) is 45.7 Å². The predicted octanol–water partition coefficient (Wildman–Crippen LogP) is 0.256. The van der Waals surface area contributed by atoms with E-state index in [1.165, 1.54) is 0 Å². The van der Waals surface area contributed by atoms with Gasteiger partial charge in [0.05, 0.1) is 6.04 Å². The van der Waals surface area contributed by atoms with Gasteiger partial charge in [-0.1, -0.05) is 6.92 Å². The van der Waals surface area contributed by atoms with Crippen molar-refractivity contribution in [3.8, 4) is 0 Å². The van der Waals surface area contributed by atoms with Crippen LogP contribution in [0.3, 0.4) is 0 Å². The Labute approximate surface area is 117 Å². The molecule has 0 radical (unpaired) electrons. The molecule has 0 aromatic heterocycles. The first-order valence-corrected chi connectivity index (χ1v) is 7.34. The Morgan fingerprint density at radius 3 is 2.26 bits per heavy atom. The number of carbonyl (C=O) groups is 1. The first kappa shape index (κ1) is 16.4. The Balaban J connectivity index is 2.31. The molecule has 0 bridgehead atoms. The number of likely N-dealkylation sites (N-methyl/N-ethyl adjacent to an activating group) is 1. The molecule has 112 valence electrons. The van der Waals surface area contributed by atoms with Crippen molar-refractivity contribution in [3.63, 3.8) is 0 Å². The molecule has 1 saturated heterocycles. The van der Waals surface area contributed by atoms with Crippen molar-refractivity contribution >= 4 is 5.91 Å². The summed E-state index contributed by atoms with van der Waals surface area (Å²) in [6.45, 7) is 14.9. The first-order valence-electron chi connectivity index (χ1n) is 7.34. The van der Waals surface area contributed by atoms with Gasteiger partial charge >= 0.3 is 0 Å². The Bertz CT molecular complexity index is 280. The molecule has 1 aliphatic rings. The third-order valence-electron chi connectivity index (χ3n) is 3.85. The van der Waals surface area contributed by atoms with Gasteiger partial charge in [-0.3, -0.25) is 9.69 Å². The van der Waals surface area contributed by atoms with Gasteiger partial charge in [-0.15, -0.1) is 0 Å². The van der Waals surface area contributed by atoms with Crippen LogP contribution in [-0.4, -0.2) is 66.6 Å². The molecular formula is C14H30N4O. The quantitative estimate of drug-likeness (QED) is 0.726. The Morgan fingerprint density at radius 1 is 1.26 bits per heavy atom. The van der Waals surface area contributed by atoms with Crippen molar-refractivity contribution in [2.75, 3.05) is 39.3 Å². The molecule has 19 heavy (non-hydrogen) atoms. The minimum atomic E-state index is -0.241. The second-order valence-electron chi connectivity index (χ2n) is 6.30. The van der Waals surface area contributed by atoms with Crippen LogP contribution in [0.1, 0.15) is 34.1 Å². The maximum atomic E-state index is 11.3. The van der Waals surface area contributed by atoms with E-state index in [2.05, 4.69) is 35.9 Å². The zero-order chi connectivity index (χ0) is 14.5. The molecule has 1 amide bonds. The molecule has 0 aromatic carbocycles. The SMILES string of the molecule is CCNC(CCN1CCN(C(C)(C)C)CC1)C(N)=O.